The van der Waals surface area contributed by atoms with Crippen molar-refractivity contribution < 1.29 is 4.42 Å². The van der Waals surface area contributed by atoms with Gasteiger partial charge in [0.15, 0.2) is 0 Å². The van der Waals surface area contributed by atoms with Gasteiger partial charge in [-0.05, 0) is 46.0 Å². The Kier molecular flexibility index (Phi) is 2.67. The number of fused-ring (bicyclic) bond motifs is 1. The molecule has 0 aliphatic carbocycles. The Balaban J connectivity index is 1.95. The van der Waals surface area contributed by atoms with Crippen molar-refractivity contribution in [1.82, 2.24) is 4.90 Å². The number of benzene rings is 1. The summed E-state index contributed by atoms with van der Waals surface area (Å²) in [6, 6.07) is 6.59. The van der Waals surface area contributed by atoms with Gasteiger partial charge in [0.25, 0.3) is 0 Å². The van der Waals surface area contributed by atoms with E-state index in [1.807, 2.05) is 6.26 Å². The number of hydrogen-bond donors (Lipinski definition) is 0. The van der Waals surface area contributed by atoms with Crippen molar-refractivity contribution in [2.45, 2.75) is 25.7 Å². The van der Waals surface area contributed by atoms with Gasteiger partial charge < -0.3 is 9.32 Å². The molecule has 0 amide bonds. The van der Waals surface area contributed by atoms with Crippen LogP contribution in [-0.4, -0.2) is 25.0 Å². The highest BCUT2D eigenvalue weighted by Gasteiger charge is 2.22. The molecular formula is C15H19NO. The molecule has 1 fully saturated rings. The first-order chi connectivity index (χ1) is 8.24. The molecule has 0 radical (unpaired) electrons. The Hall–Kier alpha value is -1.28. The molecule has 0 N–H and O–H groups in total. The number of likely N-dealkylation sites (tertiary alicyclic amines) is 1. The van der Waals surface area contributed by atoms with Gasteiger partial charge in [-0.15, -0.1) is 0 Å². The van der Waals surface area contributed by atoms with Crippen LogP contribution in [0.4, 0.5) is 0 Å². The summed E-state index contributed by atoms with van der Waals surface area (Å²) in [7, 11) is 2.19. The van der Waals surface area contributed by atoms with E-state index in [0.717, 1.165) is 0 Å². The van der Waals surface area contributed by atoms with Crippen molar-refractivity contribution in [3.05, 3.63) is 35.8 Å². The second kappa shape index (κ2) is 4.19. The monoisotopic (exact) mass is 229 g/mol. The van der Waals surface area contributed by atoms with Crippen LogP contribution in [0, 0.1) is 6.92 Å². The average molecular weight is 229 g/mol. The molecule has 0 bridgehead atoms. The molecule has 0 spiro atoms. The Morgan fingerprint density at radius 1 is 1.24 bits per heavy atom. The van der Waals surface area contributed by atoms with Crippen LogP contribution in [-0.2, 0) is 0 Å². The summed E-state index contributed by atoms with van der Waals surface area (Å²) in [5.74, 6) is 1.81. The van der Waals surface area contributed by atoms with Crippen LogP contribution in [0.5, 0.6) is 0 Å². The molecule has 3 rings (SSSR count). The molecule has 0 unspecified atom stereocenters. The number of nitrogens with zero attached hydrogens (tertiary/aromatic N) is 1. The van der Waals surface area contributed by atoms with Gasteiger partial charge in [-0.3, -0.25) is 0 Å². The van der Waals surface area contributed by atoms with Crippen LogP contribution in [0.25, 0.3) is 10.8 Å². The lowest BCUT2D eigenvalue weighted by Crippen LogP contribution is -2.29. The van der Waals surface area contributed by atoms with Gasteiger partial charge in [0, 0.05) is 16.7 Å². The molecule has 17 heavy (non-hydrogen) atoms. The maximum atomic E-state index is 5.83. The Morgan fingerprint density at radius 2 is 2.00 bits per heavy atom. The van der Waals surface area contributed by atoms with Crippen molar-refractivity contribution in [3.8, 4) is 0 Å². The third kappa shape index (κ3) is 1.98. The van der Waals surface area contributed by atoms with Gasteiger partial charge in [-0.2, -0.15) is 0 Å². The SMILES string of the molecule is Cc1ccc2c(C3CCN(C)CC3)occ2c1. The van der Waals surface area contributed by atoms with E-state index in [2.05, 4.69) is 37.1 Å². The Bertz CT molecular complexity index is 521. The normalized spacial score (nSPS) is 18.9. The first-order valence-electron chi connectivity index (χ1n) is 6.40. The number of piperidine rings is 1. The summed E-state index contributed by atoms with van der Waals surface area (Å²) in [5, 5.41) is 2.56. The van der Waals surface area contributed by atoms with Crippen LogP contribution < -0.4 is 0 Å². The second-order valence-corrected chi connectivity index (χ2v) is 5.27. The molecule has 1 aromatic carbocycles. The van der Waals surface area contributed by atoms with Gasteiger partial charge in [-0.1, -0.05) is 17.7 Å². The Morgan fingerprint density at radius 3 is 2.76 bits per heavy atom. The standard InChI is InChI=1S/C15H19NO/c1-11-3-4-14-13(9-11)10-17-15(14)12-5-7-16(2)8-6-12/h3-4,9-10,12H,5-8H2,1-2H3. The molecule has 1 aliphatic rings. The lowest BCUT2D eigenvalue weighted by molar-refractivity contribution is 0.241. The van der Waals surface area contributed by atoms with Gasteiger partial charge in [-0.25, -0.2) is 0 Å². The second-order valence-electron chi connectivity index (χ2n) is 5.27. The highest BCUT2D eigenvalue weighted by Crippen LogP contribution is 2.34. The number of furan rings is 1. The summed E-state index contributed by atoms with van der Waals surface area (Å²) in [4.78, 5) is 2.39. The smallest absolute Gasteiger partial charge is 0.114 e. The fourth-order valence-corrected chi connectivity index (χ4v) is 2.78. The number of rotatable bonds is 1. The number of aryl methyl sites for hydroxylation is 1. The van der Waals surface area contributed by atoms with E-state index in [1.165, 1.54) is 48.0 Å². The maximum Gasteiger partial charge on any atom is 0.114 e. The fraction of sp³-hybridized carbons (Fsp3) is 0.467. The van der Waals surface area contributed by atoms with Gasteiger partial charge >= 0.3 is 0 Å². The third-order valence-electron chi connectivity index (χ3n) is 3.87. The summed E-state index contributed by atoms with van der Waals surface area (Å²) < 4.78 is 5.83. The van der Waals surface area contributed by atoms with Crippen LogP contribution in [0.2, 0.25) is 0 Å². The predicted octanol–water partition coefficient (Wildman–Crippen LogP) is 3.55. The minimum atomic E-state index is 0.603. The van der Waals surface area contributed by atoms with Crippen LogP contribution in [0.1, 0.15) is 30.1 Å². The highest BCUT2D eigenvalue weighted by atomic mass is 16.3. The molecular weight excluding hydrogens is 210 g/mol. The maximum absolute atomic E-state index is 5.83. The summed E-state index contributed by atoms with van der Waals surface area (Å²) >= 11 is 0. The van der Waals surface area contributed by atoms with E-state index in [1.54, 1.807) is 0 Å². The van der Waals surface area contributed by atoms with Crippen molar-refractivity contribution in [1.29, 1.82) is 0 Å². The van der Waals surface area contributed by atoms with Crippen molar-refractivity contribution in [3.63, 3.8) is 0 Å². The average Bonchev–Trinajstić information content (AvgIpc) is 2.73. The fourth-order valence-electron chi connectivity index (χ4n) is 2.78. The van der Waals surface area contributed by atoms with Crippen LogP contribution in [0.3, 0.4) is 0 Å². The first-order valence-corrected chi connectivity index (χ1v) is 6.40. The molecule has 1 aliphatic heterocycles. The van der Waals surface area contributed by atoms with E-state index < -0.39 is 0 Å². The zero-order valence-electron chi connectivity index (χ0n) is 10.6. The molecule has 0 atom stereocenters. The third-order valence-corrected chi connectivity index (χ3v) is 3.87. The topological polar surface area (TPSA) is 16.4 Å². The summed E-state index contributed by atoms with van der Waals surface area (Å²) in [5.41, 5.74) is 1.30. The molecule has 2 nitrogen and oxygen atoms in total. The largest absolute Gasteiger partial charge is 0.468 e. The lowest BCUT2D eigenvalue weighted by atomic mass is 9.92. The van der Waals surface area contributed by atoms with Crippen LogP contribution >= 0.6 is 0 Å². The molecule has 1 aromatic heterocycles. The lowest BCUT2D eigenvalue weighted by Gasteiger charge is -2.27. The predicted molar refractivity (Wildman–Crippen MR) is 70.4 cm³/mol. The molecule has 2 heteroatoms. The van der Waals surface area contributed by atoms with Gasteiger partial charge in [0.1, 0.15) is 5.76 Å². The Labute approximate surface area is 102 Å². The molecule has 2 heterocycles. The first kappa shape index (κ1) is 10.8. The van der Waals surface area contributed by atoms with E-state index >= 15 is 0 Å². The van der Waals surface area contributed by atoms with Crippen molar-refractivity contribution >= 4 is 10.8 Å². The quantitative estimate of drug-likeness (QED) is 0.743. The molecule has 90 valence electrons. The van der Waals surface area contributed by atoms with E-state index in [4.69, 9.17) is 4.42 Å². The van der Waals surface area contributed by atoms with Gasteiger partial charge in [0.05, 0.1) is 6.26 Å². The van der Waals surface area contributed by atoms with E-state index in [0.29, 0.717) is 5.92 Å². The minimum Gasteiger partial charge on any atom is -0.468 e. The van der Waals surface area contributed by atoms with E-state index in [-0.39, 0.29) is 0 Å². The summed E-state index contributed by atoms with van der Waals surface area (Å²) in [6.45, 7) is 4.49. The van der Waals surface area contributed by atoms with Gasteiger partial charge in [0.2, 0.25) is 0 Å². The highest BCUT2D eigenvalue weighted by molar-refractivity contribution is 5.85. The zero-order chi connectivity index (χ0) is 11.8. The molecule has 1 saturated heterocycles. The molecule has 0 saturated carbocycles. The van der Waals surface area contributed by atoms with Crippen molar-refractivity contribution in [2.24, 2.45) is 0 Å². The molecule has 2 aromatic rings. The van der Waals surface area contributed by atoms with Crippen molar-refractivity contribution in [2.75, 3.05) is 20.1 Å². The summed E-state index contributed by atoms with van der Waals surface area (Å²) in [6.07, 6.45) is 4.34. The zero-order valence-corrected chi connectivity index (χ0v) is 10.6. The van der Waals surface area contributed by atoms with Crippen LogP contribution in [0.15, 0.2) is 28.9 Å². The number of hydrogen-bond acceptors (Lipinski definition) is 2. The minimum absolute atomic E-state index is 0.603. The van der Waals surface area contributed by atoms with E-state index in [9.17, 15) is 0 Å².